The molecule has 2 aromatic rings. The van der Waals surface area contributed by atoms with Gasteiger partial charge in [0.05, 0.1) is 7.05 Å². The van der Waals surface area contributed by atoms with Crippen molar-refractivity contribution in [3.8, 4) is 0 Å². The molecule has 1 heterocycles. The third kappa shape index (κ3) is 4.02. The van der Waals surface area contributed by atoms with Gasteiger partial charge in [-0.3, -0.25) is 0 Å². The van der Waals surface area contributed by atoms with Crippen LogP contribution >= 0.6 is 0 Å². The third-order valence-electron chi connectivity index (χ3n) is 6.14. The number of fused-ring (bicyclic) bond motifs is 1. The topological polar surface area (TPSA) is 35.1 Å². The number of rotatable bonds is 5. The van der Waals surface area contributed by atoms with Crippen molar-refractivity contribution in [1.82, 2.24) is 4.57 Å². The summed E-state index contributed by atoms with van der Waals surface area (Å²) in [7, 11) is 1.96. The van der Waals surface area contributed by atoms with E-state index in [0.29, 0.717) is 17.8 Å². The first-order chi connectivity index (χ1) is 12.8. The minimum Gasteiger partial charge on any atom is -0.459 e. The van der Waals surface area contributed by atoms with Gasteiger partial charge in [-0.1, -0.05) is 34.1 Å². The zero-order valence-corrected chi connectivity index (χ0v) is 17.2. The van der Waals surface area contributed by atoms with E-state index in [1.807, 2.05) is 23.1 Å². The van der Waals surface area contributed by atoms with Crippen LogP contribution in [0.2, 0.25) is 0 Å². The second-order valence-corrected chi connectivity index (χ2v) is 8.40. The van der Waals surface area contributed by atoms with E-state index < -0.39 is 0 Å². The van der Waals surface area contributed by atoms with Crippen molar-refractivity contribution in [2.45, 2.75) is 66.0 Å². The molecule has 3 atom stereocenters. The second-order valence-electron chi connectivity index (χ2n) is 8.40. The fourth-order valence-electron chi connectivity index (χ4n) is 4.65. The molecule has 4 nitrogen and oxygen atoms in total. The predicted octanol–water partition coefficient (Wildman–Crippen LogP) is 4.17. The predicted molar refractivity (Wildman–Crippen MR) is 104 cm³/mol. The molecule has 1 aromatic heterocycles. The molecule has 1 aliphatic rings. The Morgan fingerprint density at radius 2 is 2.11 bits per heavy atom. The summed E-state index contributed by atoms with van der Waals surface area (Å²) in [5, 5.41) is 0. The molecular formula is C22H32FN2O2+. The van der Waals surface area contributed by atoms with Crippen LogP contribution in [-0.4, -0.2) is 16.6 Å². The number of hydrogen-bond acceptors (Lipinski definition) is 2. The van der Waals surface area contributed by atoms with Gasteiger partial charge < -0.3 is 4.74 Å². The minimum absolute atomic E-state index is 0.0151. The highest BCUT2D eigenvalue weighted by atomic mass is 19.1. The van der Waals surface area contributed by atoms with Crippen molar-refractivity contribution in [3.05, 3.63) is 29.8 Å². The smallest absolute Gasteiger partial charge is 0.348 e. The number of imidazole rings is 1. The lowest BCUT2D eigenvalue weighted by Crippen LogP contribution is -2.37. The number of carbonyl (C=O) groups excluding carboxylic acids is 1. The maximum Gasteiger partial charge on any atom is 0.348 e. The summed E-state index contributed by atoms with van der Waals surface area (Å²) in [6.07, 6.45) is 4.00. The van der Waals surface area contributed by atoms with Gasteiger partial charge in [0.15, 0.2) is 17.6 Å². The molecule has 0 unspecified atom stereocenters. The highest BCUT2D eigenvalue weighted by Crippen LogP contribution is 2.35. The number of benzene rings is 1. The molecule has 5 heteroatoms. The Labute approximate surface area is 161 Å². The highest BCUT2D eigenvalue weighted by Gasteiger charge is 2.34. The lowest BCUT2D eigenvalue weighted by Gasteiger charge is -2.36. The molecular weight excluding hydrogens is 343 g/mol. The molecule has 0 radical (unpaired) electrons. The van der Waals surface area contributed by atoms with Crippen molar-refractivity contribution >= 4 is 17.0 Å². The zero-order chi connectivity index (χ0) is 19.7. The van der Waals surface area contributed by atoms with Crippen molar-refractivity contribution in [2.24, 2.45) is 24.8 Å². The maximum absolute atomic E-state index is 13.8. The molecule has 3 rings (SSSR count). The van der Waals surface area contributed by atoms with Crippen LogP contribution in [0.4, 0.5) is 4.39 Å². The molecule has 1 aliphatic carbocycles. The largest absolute Gasteiger partial charge is 0.459 e. The molecule has 0 amide bonds. The van der Waals surface area contributed by atoms with E-state index in [2.05, 4.69) is 20.8 Å². The average molecular weight is 376 g/mol. The average Bonchev–Trinajstić information content (AvgIpc) is 2.85. The van der Waals surface area contributed by atoms with E-state index in [4.69, 9.17) is 4.74 Å². The normalized spacial score (nSPS) is 23.1. The van der Waals surface area contributed by atoms with Crippen molar-refractivity contribution in [2.75, 3.05) is 0 Å². The molecule has 0 saturated heterocycles. The number of hydrogen-bond donors (Lipinski definition) is 0. The highest BCUT2D eigenvalue weighted by molar-refractivity contribution is 5.76. The van der Waals surface area contributed by atoms with Gasteiger partial charge >= 0.3 is 5.97 Å². The van der Waals surface area contributed by atoms with Gasteiger partial charge in [0.1, 0.15) is 11.9 Å². The number of ether oxygens (including phenoxy) is 1. The summed E-state index contributed by atoms with van der Waals surface area (Å²) < 4.78 is 23.7. The van der Waals surface area contributed by atoms with Crippen molar-refractivity contribution < 1.29 is 18.5 Å². The van der Waals surface area contributed by atoms with E-state index in [1.165, 1.54) is 18.6 Å². The lowest BCUT2D eigenvalue weighted by atomic mass is 9.75. The van der Waals surface area contributed by atoms with Gasteiger partial charge in [0.2, 0.25) is 0 Å². The molecule has 0 N–H and O–H groups in total. The number of aryl methyl sites for hydroxylation is 1. The summed E-state index contributed by atoms with van der Waals surface area (Å²) in [4.78, 5) is 12.8. The second kappa shape index (κ2) is 7.99. The summed E-state index contributed by atoms with van der Waals surface area (Å²) in [5.74, 6) is 1.98. The van der Waals surface area contributed by atoms with E-state index in [1.54, 1.807) is 6.07 Å². The van der Waals surface area contributed by atoms with Gasteiger partial charge in [-0.05, 0) is 42.7 Å². The summed E-state index contributed by atoms with van der Waals surface area (Å²) in [5.41, 5.74) is 1.66. The third-order valence-corrected chi connectivity index (χ3v) is 6.14. The monoisotopic (exact) mass is 375 g/mol. The Balaban J connectivity index is 1.84. The number of esters is 1. The number of aromatic nitrogens is 2. The van der Waals surface area contributed by atoms with Crippen LogP contribution < -0.4 is 4.57 Å². The zero-order valence-electron chi connectivity index (χ0n) is 17.2. The van der Waals surface area contributed by atoms with E-state index in [9.17, 15) is 9.18 Å². The van der Waals surface area contributed by atoms with Gasteiger partial charge in [0.25, 0.3) is 5.82 Å². The molecule has 0 bridgehead atoms. The van der Waals surface area contributed by atoms with Gasteiger partial charge in [-0.25, -0.2) is 18.3 Å². The molecule has 1 fully saturated rings. The number of nitrogens with zero attached hydrogens (tertiary/aromatic N) is 2. The first-order valence-corrected chi connectivity index (χ1v) is 10.2. The van der Waals surface area contributed by atoms with Crippen LogP contribution in [0, 0.1) is 23.6 Å². The van der Waals surface area contributed by atoms with Gasteiger partial charge in [-0.15, -0.1) is 0 Å². The number of carbonyl (C=O) groups is 1. The van der Waals surface area contributed by atoms with Gasteiger partial charge in [0, 0.05) is 12.5 Å². The van der Waals surface area contributed by atoms with Crippen LogP contribution in [0.5, 0.6) is 0 Å². The van der Waals surface area contributed by atoms with E-state index >= 15 is 0 Å². The minimum atomic E-state index is -0.293. The first kappa shape index (κ1) is 19.8. The molecule has 1 saturated carbocycles. The summed E-state index contributed by atoms with van der Waals surface area (Å²) >= 11 is 0. The lowest BCUT2D eigenvalue weighted by molar-refractivity contribution is -0.653. The van der Waals surface area contributed by atoms with Crippen LogP contribution in [0.1, 0.15) is 52.8 Å². The molecule has 0 aliphatic heterocycles. The Bertz CT molecular complexity index is 827. The molecule has 0 spiro atoms. The maximum atomic E-state index is 13.8. The van der Waals surface area contributed by atoms with E-state index in [0.717, 1.165) is 36.1 Å². The van der Waals surface area contributed by atoms with Crippen LogP contribution in [0.15, 0.2) is 18.2 Å². The van der Waals surface area contributed by atoms with Crippen LogP contribution in [0.25, 0.3) is 11.0 Å². The Kier molecular flexibility index (Phi) is 5.87. The Morgan fingerprint density at radius 3 is 2.78 bits per heavy atom. The summed E-state index contributed by atoms with van der Waals surface area (Å²) in [6.45, 7) is 8.82. The van der Waals surface area contributed by atoms with Gasteiger partial charge in [-0.2, -0.15) is 0 Å². The number of halogens is 1. The molecule has 27 heavy (non-hydrogen) atoms. The molecule has 1 aromatic carbocycles. The quantitative estimate of drug-likeness (QED) is 0.581. The standard InChI is InChI=1S/C22H32FN2O2/c1-6-21-24(5)18-10-8-16(23)12-19(18)25(21)13-22(26)27-20-11-15(4)7-9-17(20)14(2)3/h8,10,12,14-15,17,20H,6-7,9,11,13H2,1-5H3/q+1/t15-,17+,20-/m1/s1. The van der Waals surface area contributed by atoms with Crippen LogP contribution in [0.3, 0.4) is 0 Å². The fraction of sp³-hybridized carbons (Fsp3) is 0.636. The summed E-state index contributed by atoms with van der Waals surface area (Å²) in [6, 6.07) is 4.73. The SMILES string of the molecule is CCc1n(CC(=O)O[C@@H]2C[C@H](C)CC[C@H]2C(C)C)c2cc(F)ccc2[n+]1C. The van der Waals surface area contributed by atoms with Crippen LogP contribution in [-0.2, 0) is 29.5 Å². The Hall–Kier alpha value is -1.91. The first-order valence-electron chi connectivity index (χ1n) is 10.2. The van der Waals surface area contributed by atoms with E-state index in [-0.39, 0.29) is 24.4 Å². The van der Waals surface area contributed by atoms with Crippen molar-refractivity contribution in [1.29, 1.82) is 0 Å². The van der Waals surface area contributed by atoms with Crippen molar-refractivity contribution in [3.63, 3.8) is 0 Å². The fourth-order valence-corrected chi connectivity index (χ4v) is 4.65. The molecule has 148 valence electrons. The Morgan fingerprint density at radius 1 is 1.37 bits per heavy atom.